The molecule has 1 fully saturated rings. The van der Waals surface area contributed by atoms with Crippen LogP contribution in [0.4, 0.5) is 0 Å². The third-order valence-corrected chi connectivity index (χ3v) is 3.44. The number of ether oxygens (including phenoxy) is 1. The van der Waals surface area contributed by atoms with E-state index in [1.54, 1.807) is 0 Å². The minimum atomic E-state index is -0.191. The Morgan fingerprint density at radius 1 is 1.17 bits per heavy atom. The van der Waals surface area contributed by atoms with E-state index in [1.165, 1.54) is 12.0 Å². The van der Waals surface area contributed by atoms with Crippen molar-refractivity contribution in [2.75, 3.05) is 0 Å². The van der Waals surface area contributed by atoms with Crippen LogP contribution in [0.3, 0.4) is 0 Å². The molecule has 2 unspecified atom stereocenters. The van der Waals surface area contributed by atoms with Gasteiger partial charge in [-0.05, 0) is 51.3 Å². The molecule has 0 saturated heterocycles. The van der Waals surface area contributed by atoms with Gasteiger partial charge in [0.1, 0.15) is 11.4 Å². The summed E-state index contributed by atoms with van der Waals surface area (Å²) in [6, 6.07) is 8.21. The van der Waals surface area contributed by atoms with E-state index < -0.39 is 0 Å². The van der Waals surface area contributed by atoms with Crippen LogP contribution in [0, 0.1) is 0 Å². The van der Waals surface area contributed by atoms with Crippen LogP contribution in [0.25, 0.3) is 0 Å². The molecule has 1 saturated carbocycles. The number of hydrogen-bond donors (Lipinski definition) is 1. The monoisotopic (exact) mass is 248 g/mol. The van der Waals surface area contributed by atoms with Gasteiger partial charge in [0, 0.05) is 5.92 Å². The molecule has 2 nitrogen and oxygen atoms in total. The first-order chi connectivity index (χ1) is 8.46. The molecule has 0 heterocycles. The first-order valence-electron chi connectivity index (χ1n) is 6.93. The number of benzene rings is 1. The molecule has 0 radical (unpaired) electrons. The molecular weight excluding hydrogens is 224 g/mol. The minimum absolute atomic E-state index is 0.177. The van der Waals surface area contributed by atoms with E-state index in [0.717, 1.165) is 25.0 Å². The zero-order chi connectivity index (χ0) is 13.2. The molecule has 0 aliphatic heterocycles. The zero-order valence-electron chi connectivity index (χ0n) is 11.6. The quantitative estimate of drug-likeness (QED) is 0.860. The van der Waals surface area contributed by atoms with Crippen LogP contribution < -0.4 is 4.74 Å². The maximum absolute atomic E-state index is 10.1. The Bertz CT molecular complexity index is 392. The number of rotatable bonds is 2. The van der Waals surface area contributed by atoms with Crippen LogP contribution in [0.1, 0.15) is 57.9 Å². The lowest BCUT2D eigenvalue weighted by atomic mass is 9.82. The molecule has 1 N–H and O–H groups in total. The molecule has 1 aliphatic rings. The van der Waals surface area contributed by atoms with Crippen LogP contribution >= 0.6 is 0 Å². The Balaban J connectivity index is 2.16. The fraction of sp³-hybridized carbons (Fsp3) is 0.625. The molecule has 0 spiro atoms. The van der Waals surface area contributed by atoms with E-state index >= 15 is 0 Å². The van der Waals surface area contributed by atoms with Crippen LogP contribution in [0.2, 0.25) is 0 Å². The van der Waals surface area contributed by atoms with Crippen molar-refractivity contribution in [2.24, 2.45) is 0 Å². The zero-order valence-corrected chi connectivity index (χ0v) is 11.6. The van der Waals surface area contributed by atoms with Crippen molar-refractivity contribution in [3.05, 3.63) is 29.8 Å². The van der Waals surface area contributed by atoms with Crippen molar-refractivity contribution in [3.8, 4) is 5.75 Å². The summed E-state index contributed by atoms with van der Waals surface area (Å²) in [6.07, 6.45) is 4.18. The summed E-state index contributed by atoms with van der Waals surface area (Å²) in [4.78, 5) is 0. The van der Waals surface area contributed by atoms with E-state index in [-0.39, 0.29) is 17.6 Å². The van der Waals surface area contributed by atoms with Gasteiger partial charge >= 0.3 is 0 Å². The predicted octanol–water partition coefficient (Wildman–Crippen LogP) is 3.88. The second kappa shape index (κ2) is 5.31. The highest BCUT2D eigenvalue weighted by Crippen LogP contribution is 2.34. The van der Waals surface area contributed by atoms with Crippen molar-refractivity contribution in [1.29, 1.82) is 0 Å². The topological polar surface area (TPSA) is 29.5 Å². The van der Waals surface area contributed by atoms with Crippen molar-refractivity contribution in [2.45, 2.75) is 64.1 Å². The summed E-state index contributed by atoms with van der Waals surface area (Å²) in [5.74, 6) is 1.18. The lowest BCUT2D eigenvalue weighted by molar-refractivity contribution is 0.105. The van der Waals surface area contributed by atoms with Gasteiger partial charge in [-0.15, -0.1) is 0 Å². The second-order valence-corrected chi connectivity index (χ2v) is 6.25. The Kier molecular flexibility index (Phi) is 3.96. The fourth-order valence-corrected chi connectivity index (χ4v) is 2.66. The Morgan fingerprint density at radius 2 is 1.89 bits per heavy atom. The lowest BCUT2D eigenvalue weighted by Gasteiger charge is -2.29. The first kappa shape index (κ1) is 13.4. The maximum atomic E-state index is 10.1. The van der Waals surface area contributed by atoms with Crippen LogP contribution in [0.15, 0.2) is 24.3 Å². The molecule has 0 amide bonds. The minimum Gasteiger partial charge on any atom is -0.488 e. The molecule has 0 aromatic heterocycles. The predicted molar refractivity (Wildman–Crippen MR) is 74.0 cm³/mol. The third kappa shape index (κ3) is 3.49. The standard InChI is InChI=1S/C16H24O2/c1-16(2,3)18-13-8-6-7-12(11-13)14-9-4-5-10-15(14)17/h6-8,11,14-15,17H,4-5,9-10H2,1-3H3. The summed E-state index contributed by atoms with van der Waals surface area (Å²) < 4.78 is 5.89. The van der Waals surface area contributed by atoms with Crippen LogP contribution in [-0.4, -0.2) is 16.8 Å². The van der Waals surface area contributed by atoms with Gasteiger partial charge in [0.15, 0.2) is 0 Å². The smallest absolute Gasteiger partial charge is 0.120 e. The summed E-state index contributed by atoms with van der Waals surface area (Å²) in [5, 5.41) is 10.1. The highest BCUT2D eigenvalue weighted by atomic mass is 16.5. The Labute approximate surface area is 110 Å². The van der Waals surface area contributed by atoms with Gasteiger partial charge < -0.3 is 9.84 Å². The van der Waals surface area contributed by atoms with Crippen molar-refractivity contribution >= 4 is 0 Å². The van der Waals surface area contributed by atoms with Crippen molar-refractivity contribution < 1.29 is 9.84 Å². The maximum Gasteiger partial charge on any atom is 0.120 e. The largest absolute Gasteiger partial charge is 0.488 e. The molecule has 1 aromatic rings. The highest BCUT2D eigenvalue weighted by Gasteiger charge is 2.25. The van der Waals surface area contributed by atoms with E-state index in [1.807, 2.05) is 12.1 Å². The summed E-state index contributed by atoms with van der Waals surface area (Å²) in [7, 11) is 0. The van der Waals surface area contributed by atoms with E-state index in [2.05, 4.69) is 32.9 Å². The van der Waals surface area contributed by atoms with Gasteiger partial charge in [0.2, 0.25) is 0 Å². The molecule has 100 valence electrons. The van der Waals surface area contributed by atoms with E-state index in [9.17, 15) is 5.11 Å². The molecule has 2 atom stereocenters. The fourth-order valence-electron chi connectivity index (χ4n) is 2.66. The van der Waals surface area contributed by atoms with Crippen LogP contribution in [-0.2, 0) is 0 Å². The highest BCUT2D eigenvalue weighted by molar-refractivity contribution is 5.32. The summed E-state index contributed by atoms with van der Waals surface area (Å²) in [6.45, 7) is 6.15. The molecule has 2 rings (SSSR count). The molecule has 1 aromatic carbocycles. The SMILES string of the molecule is CC(C)(C)Oc1cccc(C2CCCCC2O)c1. The average molecular weight is 248 g/mol. The van der Waals surface area contributed by atoms with E-state index in [4.69, 9.17) is 4.74 Å². The van der Waals surface area contributed by atoms with Gasteiger partial charge in [-0.25, -0.2) is 0 Å². The van der Waals surface area contributed by atoms with Gasteiger partial charge in [-0.3, -0.25) is 0 Å². The lowest BCUT2D eigenvalue weighted by Crippen LogP contribution is -2.24. The number of hydrogen-bond acceptors (Lipinski definition) is 2. The van der Waals surface area contributed by atoms with Crippen LogP contribution in [0.5, 0.6) is 5.75 Å². The average Bonchev–Trinajstić information content (AvgIpc) is 2.27. The number of aliphatic hydroxyl groups is 1. The Hall–Kier alpha value is -1.02. The van der Waals surface area contributed by atoms with Gasteiger partial charge in [0.05, 0.1) is 6.10 Å². The number of aliphatic hydroxyl groups excluding tert-OH is 1. The normalized spacial score (nSPS) is 24.9. The molecule has 0 bridgehead atoms. The Morgan fingerprint density at radius 3 is 2.56 bits per heavy atom. The summed E-state index contributed by atoms with van der Waals surface area (Å²) >= 11 is 0. The van der Waals surface area contributed by atoms with Gasteiger partial charge in [-0.2, -0.15) is 0 Å². The first-order valence-corrected chi connectivity index (χ1v) is 6.93. The van der Waals surface area contributed by atoms with E-state index in [0.29, 0.717) is 0 Å². The molecule has 1 aliphatic carbocycles. The second-order valence-electron chi connectivity index (χ2n) is 6.25. The van der Waals surface area contributed by atoms with Gasteiger partial charge in [-0.1, -0.05) is 25.0 Å². The summed E-state index contributed by atoms with van der Waals surface area (Å²) in [5.41, 5.74) is 1.04. The molecule has 18 heavy (non-hydrogen) atoms. The van der Waals surface area contributed by atoms with Crippen molar-refractivity contribution in [1.82, 2.24) is 0 Å². The van der Waals surface area contributed by atoms with Gasteiger partial charge in [0.25, 0.3) is 0 Å². The molecular formula is C16H24O2. The third-order valence-electron chi connectivity index (χ3n) is 3.44. The van der Waals surface area contributed by atoms with Crippen molar-refractivity contribution in [3.63, 3.8) is 0 Å². The molecule has 2 heteroatoms.